The van der Waals surface area contributed by atoms with Crippen molar-refractivity contribution in [2.45, 2.75) is 64.3 Å². The molecule has 0 aromatic rings. The average molecular weight is 238 g/mol. The average Bonchev–Trinajstić information content (AvgIpc) is 3.05. The highest BCUT2D eigenvalue weighted by Gasteiger charge is 2.27. The van der Waals surface area contributed by atoms with Gasteiger partial charge in [0, 0.05) is 19.1 Å². The second-order valence-electron chi connectivity index (χ2n) is 5.98. The van der Waals surface area contributed by atoms with E-state index in [9.17, 15) is 0 Å². The SMILES string of the molecule is CCCCN(CCNCC1CCCC1)C1CC1. The third-order valence-corrected chi connectivity index (χ3v) is 4.35. The maximum Gasteiger partial charge on any atom is 0.0110 e. The first-order chi connectivity index (χ1) is 8.40. The highest BCUT2D eigenvalue weighted by molar-refractivity contribution is 4.84. The van der Waals surface area contributed by atoms with Gasteiger partial charge >= 0.3 is 0 Å². The van der Waals surface area contributed by atoms with Crippen molar-refractivity contribution >= 4 is 0 Å². The third kappa shape index (κ3) is 4.97. The lowest BCUT2D eigenvalue weighted by Gasteiger charge is -2.22. The normalized spacial score (nSPS) is 21.5. The van der Waals surface area contributed by atoms with E-state index in [4.69, 9.17) is 0 Å². The molecule has 2 rings (SSSR count). The summed E-state index contributed by atoms with van der Waals surface area (Å²) >= 11 is 0. The van der Waals surface area contributed by atoms with Crippen molar-refractivity contribution in [3.05, 3.63) is 0 Å². The molecule has 2 aliphatic carbocycles. The molecule has 0 atom stereocenters. The van der Waals surface area contributed by atoms with Gasteiger partial charge in [-0.05, 0) is 51.1 Å². The monoisotopic (exact) mass is 238 g/mol. The second-order valence-corrected chi connectivity index (χ2v) is 5.98. The van der Waals surface area contributed by atoms with Gasteiger partial charge in [-0.1, -0.05) is 26.2 Å². The molecular weight excluding hydrogens is 208 g/mol. The summed E-state index contributed by atoms with van der Waals surface area (Å²) in [6, 6.07) is 0.940. The van der Waals surface area contributed by atoms with Crippen LogP contribution in [0, 0.1) is 5.92 Å². The molecule has 0 amide bonds. The highest BCUT2D eigenvalue weighted by Crippen LogP contribution is 2.26. The predicted octanol–water partition coefficient (Wildman–Crippen LogP) is 3.03. The minimum atomic E-state index is 0.940. The van der Waals surface area contributed by atoms with Gasteiger partial charge in [0.2, 0.25) is 0 Å². The lowest BCUT2D eigenvalue weighted by molar-refractivity contribution is 0.257. The molecule has 0 spiro atoms. The summed E-state index contributed by atoms with van der Waals surface area (Å²) in [5.74, 6) is 0.986. The fraction of sp³-hybridized carbons (Fsp3) is 1.00. The Kier molecular flexibility index (Phi) is 5.79. The van der Waals surface area contributed by atoms with Crippen LogP contribution in [0.1, 0.15) is 58.3 Å². The fourth-order valence-corrected chi connectivity index (χ4v) is 3.02. The number of nitrogens with one attached hydrogen (secondary N) is 1. The van der Waals surface area contributed by atoms with Gasteiger partial charge < -0.3 is 5.32 Å². The van der Waals surface area contributed by atoms with Crippen LogP contribution >= 0.6 is 0 Å². The van der Waals surface area contributed by atoms with Crippen molar-refractivity contribution in [1.82, 2.24) is 10.2 Å². The zero-order valence-corrected chi connectivity index (χ0v) is 11.6. The summed E-state index contributed by atoms with van der Waals surface area (Å²) in [4.78, 5) is 2.71. The quantitative estimate of drug-likeness (QED) is 0.621. The summed E-state index contributed by atoms with van der Waals surface area (Å²) in [5.41, 5.74) is 0. The first-order valence-corrected chi connectivity index (χ1v) is 7.85. The summed E-state index contributed by atoms with van der Waals surface area (Å²) in [6.45, 7) is 7.37. The zero-order valence-electron chi connectivity index (χ0n) is 11.6. The Morgan fingerprint density at radius 1 is 1.06 bits per heavy atom. The summed E-state index contributed by atoms with van der Waals surface area (Å²) in [7, 11) is 0. The van der Waals surface area contributed by atoms with E-state index in [0.717, 1.165) is 12.0 Å². The van der Waals surface area contributed by atoms with Gasteiger partial charge in [0.1, 0.15) is 0 Å². The smallest absolute Gasteiger partial charge is 0.0110 e. The molecule has 0 heterocycles. The molecule has 100 valence electrons. The molecule has 0 bridgehead atoms. The minimum Gasteiger partial charge on any atom is -0.315 e. The number of rotatable bonds is 9. The van der Waals surface area contributed by atoms with Crippen molar-refractivity contribution < 1.29 is 0 Å². The number of hydrogen-bond donors (Lipinski definition) is 1. The van der Waals surface area contributed by atoms with Crippen LogP contribution in [0.15, 0.2) is 0 Å². The number of unbranched alkanes of at least 4 members (excludes halogenated alkanes) is 1. The summed E-state index contributed by atoms with van der Waals surface area (Å²) < 4.78 is 0. The van der Waals surface area contributed by atoms with Crippen LogP contribution in [-0.4, -0.2) is 37.1 Å². The zero-order chi connectivity index (χ0) is 11.9. The van der Waals surface area contributed by atoms with Gasteiger partial charge in [-0.3, -0.25) is 4.90 Å². The Morgan fingerprint density at radius 3 is 2.47 bits per heavy atom. The van der Waals surface area contributed by atoms with E-state index >= 15 is 0 Å². The van der Waals surface area contributed by atoms with Gasteiger partial charge in [-0.2, -0.15) is 0 Å². The van der Waals surface area contributed by atoms with Gasteiger partial charge in [-0.15, -0.1) is 0 Å². The number of hydrogen-bond acceptors (Lipinski definition) is 2. The van der Waals surface area contributed by atoms with Crippen LogP contribution in [-0.2, 0) is 0 Å². The summed E-state index contributed by atoms with van der Waals surface area (Å²) in [5, 5.41) is 3.68. The molecule has 0 unspecified atom stereocenters. The van der Waals surface area contributed by atoms with E-state index in [1.807, 2.05) is 0 Å². The molecule has 0 saturated heterocycles. The van der Waals surface area contributed by atoms with Crippen molar-refractivity contribution in [2.75, 3.05) is 26.2 Å². The fourth-order valence-electron chi connectivity index (χ4n) is 3.02. The molecule has 2 fully saturated rings. The lowest BCUT2D eigenvalue weighted by Crippen LogP contribution is -2.35. The third-order valence-electron chi connectivity index (χ3n) is 4.35. The molecule has 1 N–H and O–H groups in total. The first kappa shape index (κ1) is 13.4. The topological polar surface area (TPSA) is 15.3 Å². The minimum absolute atomic E-state index is 0.940. The maximum atomic E-state index is 3.68. The molecule has 0 radical (unpaired) electrons. The largest absolute Gasteiger partial charge is 0.315 e. The van der Waals surface area contributed by atoms with Crippen molar-refractivity contribution in [3.63, 3.8) is 0 Å². The van der Waals surface area contributed by atoms with Crippen molar-refractivity contribution in [2.24, 2.45) is 5.92 Å². The molecule has 2 nitrogen and oxygen atoms in total. The van der Waals surface area contributed by atoms with Crippen LogP contribution < -0.4 is 5.32 Å². The van der Waals surface area contributed by atoms with Crippen LogP contribution in [0.3, 0.4) is 0 Å². The van der Waals surface area contributed by atoms with Crippen LogP contribution in [0.2, 0.25) is 0 Å². The van der Waals surface area contributed by atoms with Crippen molar-refractivity contribution in [3.8, 4) is 0 Å². The molecule has 2 heteroatoms. The molecule has 2 saturated carbocycles. The van der Waals surface area contributed by atoms with E-state index in [2.05, 4.69) is 17.1 Å². The van der Waals surface area contributed by atoms with Crippen LogP contribution in [0.4, 0.5) is 0 Å². The maximum absolute atomic E-state index is 3.68. The first-order valence-electron chi connectivity index (χ1n) is 7.85. The molecule has 0 aromatic heterocycles. The van der Waals surface area contributed by atoms with Gasteiger partial charge in [0.25, 0.3) is 0 Å². The van der Waals surface area contributed by atoms with Gasteiger partial charge in [0.05, 0.1) is 0 Å². The van der Waals surface area contributed by atoms with Crippen molar-refractivity contribution in [1.29, 1.82) is 0 Å². The van der Waals surface area contributed by atoms with E-state index in [-0.39, 0.29) is 0 Å². The number of nitrogens with zero attached hydrogens (tertiary/aromatic N) is 1. The molecule has 0 aromatic carbocycles. The standard InChI is InChI=1S/C15H30N2/c1-2-3-11-17(15-8-9-15)12-10-16-13-14-6-4-5-7-14/h14-16H,2-13H2,1H3. The van der Waals surface area contributed by atoms with Gasteiger partial charge in [-0.25, -0.2) is 0 Å². The molecule has 0 aliphatic heterocycles. The van der Waals surface area contributed by atoms with Crippen LogP contribution in [0.25, 0.3) is 0 Å². The highest BCUT2D eigenvalue weighted by atomic mass is 15.2. The Morgan fingerprint density at radius 2 is 1.82 bits per heavy atom. The van der Waals surface area contributed by atoms with Crippen LogP contribution in [0.5, 0.6) is 0 Å². The Bertz CT molecular complexity index is 195. The van der Waals surface area contributed by atoms with E-state index in [1.165, 1.54) is 77.5 Å². The molecule has 2 aliphatic rings. The Hall–Kier alpha value is -0.0800. The van der Waals surface area contributed by atoms with E-state index in [1.54, 1.807) is 0 Å². The molecule has 17 heavy (non-hydrogen) atoms. The van der Waals surface area contributed by atoms with Gasteiger partial charge in [0.15, 0.2) is 0 Å². The Balaban J connectivity index is 1.52. The van der Waals surface area contributed by atoms with E-state index in [0.29, 0.717) is 0 Å². The lowest BCUT2D eigenvalue weighted by atomic mass is 10.1. The molecular formula is C15H30N2. The second kappa shape index (κ2) is 7.38. The van der Waals surface area contributed by atoms with E-state index < -0.39 is 0 Å². The predicted molar refractivity (Wildman–Crippen MR) is 74.3 cm³/mol. The Labute approximate surface area is 107 Å². The summed E-state index contributed by atoms with van der Waals surface area (Å²) in [6.07, 6.45) is 11.5.